The number of methoxy groups -OCH3 is 1. The summed E-state index contributed by atoms with van der Waals surface area (Å²) in [6.45, 7) is 3.99. The van der Waals surface area contributed by atoms with Crippen molar-refractivity contribution < 1.29 is 9.53 Å². The van der Waals surface area contributed by atoms with Crippen LogP contribution in [0.3, 0.4) is 0 Å². The van der Waals surface area contributed by atoms with E-state index in [1.54, 1.807) is 25.3 Å². The van der Waals surface area contributed by atoms with Gasteiger partial charge in [0.1, 0.15) is 5.75 Å². The van der Waals surface area contributed by atoms with E-state index in [1.807, 2.05) is 13.8 Å². The summed E-state index contributed by atoms with van der Waals surface area (Å²) >= 11 is 0. The lowest BCUT2D eigenvalue weighted by molar-refractivity contribution is 0.100. The maximum absolute atomic E-state index is 11.2. The number of carbonyl (C=O) groups excluding carboxylic acids is 1. The van der Waals surface area contributed by atoms with Crippen LogP contribution >= 0.6 is 0 Å². The van der Waals surface area contributed by atoms with E-state index in [9.17, 15) is 4.79 Å². The van der Waals surface area contributed by atoms with Crippen molar-refractivity contribution in [3.8, 4) is 5.75 Å². The summed E-state index contributed by atoms with van der Waals surface area (Å²) in [4.78, 5) is 11.2. The smallest absolute Gasteiger partial charge is 0.250 e. The fraction of sp³-hybridized carbons (Fsp3) is 0.364. The first-order valence-corrected chi connectivity index (χ1v) is 4.79. The lowest BCUT2D eigenvalue weighted by Gasteiger charge is -2.13. The van der Waals surface area contributed by atoms with Gasteiger partial charge in [0.05, 0.1) is 12.7 Å². The number of amides is 1. The van der Waals surface area contributed by atoms with E-state index >= 15 is 0 Å². The Morgan fingerprint density at radius 1 is 1.47 bits per heavy atom. The van der Waals surface area contributed by atoms with Crippen LogP contribution in [0.1, 0.15) is 24.2 Å². The number of hydrogen-bond donors (Lipinski definition) is 2. The van der Waals surface area contributed by atoms with Crippen molar-refractivity contribution in [1.82, 2.24) is 0 Å². The largest absolute Gasteiger partial charge is 0.497 e. The third-order valence-corrected chi connectivity index (χ3v) is 1.94. The monoisotopic (exact) mass is 208 g/mol. The Morgan fingerprint density at radius 3 is 2.60 bits per heavy atom. The fourth-order valence-electron chi connectivity index (χ4n) is 1.29. The van der Waals surface area contributed by atoms with Gasteiger partial charge >= 0.3 is 0 Å². The van der Waals surface area contributed by atoms with Crippen LogP contribution in [-0.4, -0.2) is 19.1 Å². The Balaban J connectivity index is 3.09. The first-order chi connectivity index (χ1) is 7.04. The molecule has 0 radical (unpaired) electrons. The molecule has 0 heterocycles. The Hall–Kier alpha value is -1.71. The fourth-order valence-corrected chi connectivity index (χ4v) is 1.29. The lowest BCUT2D eigenvalue weighted by atomic mass is 10.1. The molecule has 3 N–H and O–H groups in total. The number of anilines is 1. The Bertz CT molecular complexity index is 362. The van der Waals surface area contributed by atoms with Gasteiger partial charge in [-0.1, -0.05) is 0 Å². The van der Waals surface area contributed by atoms with E-state index < -0.39 is 5.91 Å². The van der Waals surface area contributed by atoms with Crippen LogP contribution in [0.4, 0.5) is 5.69 Å². The SMILES string of the molecule is COc1ccc(NC(C)C)c(C(N)=O)c1. The van der Waals surface area contributed by atoms with Crippen LogP contribution in [0.2, 0.25) is 0 Å². The summed E-state index contributed by atoms with van der Waals surface area (Å²) < 4.78 is 5.03. The maximum Gasteiger partial charge on any atom is 0.250 e. The molecule has 1 aromatic rings. The molecule has 0 unspecified atom stereocenters. The molecule has 82 valence electrons. The molecule has 0 fully saturated rings. The summed E-state index contributed by atoms with van der Waals surface area (Å²) in [6.07, 6.45) is 0. The van der Waals surface area contributed by atoms with Crippen LogP contribution in [0.5, 0.6) is 5.75 Å². The Kier molecular flexibility index (Phi) is 3.55. The van der Waals surface area contributed by atoms with Gasteiger partial charge in [-0.2, -0.15) is 0 Å². The predicted octanol–water partition coefficient (Wildman–Crippen LogP) is 1.61. The molecule has 0 bridgehead atoms. The number of nitrogens with one attached hydrogen (secondary N) is 1. The molecule has 0 atom stereocenters. The molecule has 0 aromatic heterocycles. The molecular weight excluding hydrogens is 192 g/mol. The molecule has 0 spiro atoms. The van der Waals surface area contributed by atoms with E-state index in [-0.39, 0.29) is 6.04 Å². The molecule has 1 rings (SSSR count). The van der Waals surface area contributed by atoms with Crippen LogP contribution in [-0.2, 0) is 0 Å². The number of primary amides is 1. The molecule has 15 heavy (non-hydrogen) atoms. The van der Waals surface area contributed by atoms with Gasteiger partial charge < -0.3 is 15.8 Å². The van der Waals surface area contributed by atoms with Gasteiger partial charge in [-0.25, -0.2) is 0 Å². The molecule has 4 heteroatoms. The molecule has 4 nitrogen and oxygen atoms in total. The topological polar surface area (TPSA) is 64.3 Å². The zero-order valence-electron chi connectivity index (χ0n) is 9.20. The van der Waals surface area contributed by atoms with Crippen LogP contribution < -0.4 is 15.8 Å². The van der Waals surface area contributed by atoms with Crippen molar-refractivity contribution in [2.24, 2.45) is 5.73 Å². The minimum Gasteiger partial charge on any atom is -0.497 e. The normalized spacial score (nSPS) is 10.1. The van der Waals surface area contributed by atoms with Gasteiger partial charge in [0, 0.05) is 11.7 Å². The van der Waals surface area contributed by atoms with E-state index in [0.717, 1.165) is 5.69 Å². The zero-order valence-corrected chi connectivity index (χ0v) is 9.20. The molecule has 0 saturated carbocycles. The number of hydrogen-bond acceptors (Lipinski definition) is 3. The Morgan fingerprint density at radius 2 is 2.13 bits per heavy atom. The average molecular weight is 208 g/mol. The second-order valence-corrected chi connectivity index (χ2v) is 3.57. The van der Waals surface area contributed by atoms with Crippen molar-refractivity contribution in [1.29, 1.82) is 0 Å². The first kappa shape index (κ1) is 11.4. The van der Waals surface area contributed by atoms with Crippen molar-refractivity contribution in [3.63, 3.8) is 0 Å². The van der Waals surface area contributed by atoms with E-state index in [2.05, 4.69) is 5.32 Å². The minimum absolute atomic E-state index is 0.247. The quantitative estimate of drug-likeness (QED) is 0.790. The third kappa shape index (κ3) is 2.87. The van der Waals surface area contributed by atoms with Crippen molar-refractivity contribution in [2.45, 2.75) is 19.9 Å². The second kappa shape index (κ2) is 4.68. The van der Waals surface area contributed by atoms with Gasteiger partial charge in [0.25, 0.3) is 5.91 Å². The molecule has 0 saturated heterocycles. The zero-order chi connectivity index (χ0) is 11.4. The summed E-state index contributed by atoms with van der Waals surface area (Å²) in [6, 6.07) is 5.46. The number of ether oxygens (including phenoxy) is 1. The van der Waals surface area contributed by atoms with Gasteiger partial charge in [0.15, 0.2) is 0 Å². The molecule has 0 aliphatic heterocycles. The summed E-state index contributed by atoms with van der Waals surface area (Å²) in [5.41, 5.74) is 6.46. The van der Waals surface area contributed by atoms with Gasteiger partial charge in [-0.3, -0.25) is 4.79 Å². The van der Waals surface area contributed by atoms with Crippen LogP contribution in [0, 0.1) is 0 Å². The highest BCUT2D eigenvalue weighted by atomic mass is 16.5. The van der Waals surface area contributed by atoms with E-state index in [4.69, 9.17) is 10.5 Å². The second-order valence-electron chi connectivity index (χ2n) is 3.57. The molecule has 1 amide bonds. The molecule has 0 aliphatic carbocycles. The van der Waals surface area contributed by atoms with Crippen molar-refractivity contribution >= 4 is 11.6 Å². The van der Waals surface area contributed by atoms with E-state index in [0.29, 0.717) is 11.3 Å². The number of rotatable bonds is 4. The number of nitrogens with two attached hydrogens (primary N) is 1. The molecule has 1 aromatic carbocycles. The first-order valence-electron chi connectivity index (χ1n) is 4.79. The highest BCUT2D eigenvalue weighted by molar-refractivity contribution is 5.99. The molecular formula is C11H16N2O2. The Labute approximate surface area is 89.4 Å². The predicted molar refractivity (Wildman–Crippen MR) is 60.3 cm³/mol. The van der Waals surface area contributed by atoms with Crippen molar-refractivity contribution in [3.05, 3.63) is 23.8 Å². The van der Waals surface area contributed by atoms with Gasteiger partial charge in [0.2, 0.25) is 0 Å². The number of carbonyl (C=O) groups is 1. The van der Waals surface area contributed by atoms with Gasteiger partial charge in [-0.05, 0) is 32.0 Å². The highest BCUT2D eigenvalue weighted by Crippen LogP contribution is 2.22. The summed E-state index contributed by atoms with van der Waals surface area (Å²) in [5, 5.41) is 3.15. The minimum atomic E-state index is -0.461. The van der Waals surface area contributed by atoms with Crippen LogP contribution in [0.25, 0.3) is 0 Å². The van der Waals surface area contributed by atoms with E-state index in [1.165, 1.54) is 0 Å². The highest BCUT2D eigenvalue weighted by Gasteiger charge is 2.10. The summed E-state index contributed by atoms with van der Waals surface area (Å²) in [5.74, 6) is 0.162. The van der Waals surface area contributed by atoms with Crippen LogP contribution in [0.15, 0.2) is 18.2 Å². The maximum atomic E-state index is 11.2. The van der Waals surface area contributed by atoms with Crippen molar-refractivity contribution in [2.75, 3.05) is 12.4 Å². The van der Waals surface area contributed by atoms with Gasteiger partial charge in [-0.15, -0.1) is 0 Å². The average Bonchev–Trinajstić information content (AvgIpc) is 2.17. The summed E-state index contributed by atoms with van der Waals surface area (Å²) in [7, 11) is 1.55. The standard InChI is InChI=1S/C11H16N2O2/c1-7(2)13-10-5-4-8(15-3)6-9(10)11(12)14/h4-7,13H,1-3H3,(H2,12,14). The molecule has 0 aliphatic rings. The lowest BCUT2D eigenvalue weighted by Crippen LogP contribution is -2.17. The third-order valence-electron chi connectivity index (χ3n) is 1.94. The number of benzene rings is 1.